The molecule has 0 heterocycles. The van der Waals surface area contributed by atoms with Crippen LogP contribution in [0.4, 0.5) is 0 Å². The fourth-order valence-corrected chi connectivity index (χ4v) is 3.07. The SMILES string of the molecule is Cc1cccc(CC(=O)N(Cc2ccc(Cl)cc2)[C@H](C)C(=O)NC(C)(C)C)c1. The molecular formula is C23H29ClN2O2. The van der Waals surface area contributed by atoms with Gasteiger partial charge in [-0.25, -0.2) is 0 Å². The Morgan fingerprint density at radius 1 is 1.07 bits per heavy atom. The lowest BCUT2D eigenvalue weighted by Gasteiger charge is -2.31. The molecule has 0 saturated carbocycles. The van der Waals surface area contributed by atoms with Crippen LogP contribution in [0.3, 0.4) is 0 Å². The minimum atomic E-state index is -0.591. The third kappa shape index (κ3) is 6.68. The largest absolute Gasteiger partial charge is 0.350 e. The summed E-state index contributed by atoms with van der Waals surface area (Å²) in [6.45, 7) is 9.89. The zero-order chi connectivity index (χ0) is 20.9. The summed E-state index contributed by atoms with van der Waals surface area (Å²) in [6.07, 6.45) is 0.252. The van der Waals surface area contributed by atoms with Gasteiger partial charge in [0, 0.05) is 17.1 Å². The minimum Gasteiger partial charge on any atom is -0.350 e. The van der Waals surface area contributed by atoms with Crippen molar-refractivity contribution in [3.8, 4) is 0 Å². The van der Waals surface area contributed by atoms with Crippen LogP contribution in [-0.2, 0) is 22.6 Å². The molecule has 0 unspecified atom stereocenters. The molecular weight excluding hydrogens is 372 g/mol. The molecule has 0 fully saturated rings. The molecule has 4 nitrogen and oxygen atoms in total. The second-order valence-electron chi connectivity index (χ2n) is 8.23. The van der Waals surface area contributed by atoms with Crippen molar-refractivity contribution in [3.63, 3.8) is 0 Å². The summed E-state index contributed by atoms with van der Waals surface area (Å²) >= 11 is 5.97. The molecule has 0 aliphatic heterocycles. The zero-order valence-electron chi connectivity index (χ0n) is 17.3. The molecule has 0 aliphatic carbocycles. The topological polar surface area (TPSA) is 49.4 Å². The second kappa shape index (κ2) is 9.24. The van der Waals surface area contributed by atoms with E-state index in [0.29, 0.717) is 11.6 Å². The Morgan fingerprint density at radius 2 is 1.71 bits per heavy atom. The van der Waals surface area contributed by atoms with Crippen LogP contribution in [0.1, 0.15) is 44.4 Å². The van der Waals surface area contributed by atoms with Gasteiger partial charge in [0.15, 0.2) is 0 Å². The maximum absolute atomic E-state index is 13.1. The summed E-state index contributed by atoms with van der Waals surface area (Å²) in [5, 5.41) is 3.61. The van der Waals surface area contributed by atoms with Gasteiger partial charge in [0.05, 0.1) is 6.42 Å². The standard InChI is InChI=1S/C23H29ClN2O2/c1-16-7-6-8-19(13-16)14-21(27)26(15-18-9-11-20(24)12-10-18)17(2)22(28)25-23(3,4)5/h6-13,17H,14-15H2,1-5H3,(H,25,28)/t17-/m1/s1. The number of nitrogens with one attached hydrogen (secondary N) is 1. The normalized spacial score (nSPS) is 12.4. The van der Waals surface area contributed by atoms with Gasteiger partial charge in [-0.05, 0) is 57.9 Å². The summed E-state index contributed by atoms with van der Waals surface area (Å²) in [7, 11) is 0. The van der Waals surface area contributed by atoms with Gasteiger partial charge >= 0.3 is 0 Å². The molecule has 0 saturated heterocycles. The van der Waals surface area contributed by atoms with Crippen LogP contribution >= 0.6 is 11.6 Å². The highest BCUT2D eigenvalue weighted by atomic mass is 35.5. The quantitative estimate of drug-likeness (QED) is 0.774. The highest BCUT2D eigenvalue weighted by molar-refractivity contribution is 6.30. The number of hydrogen-bond acceptors (Lipinski definition) is 2. The molecule has 0 bridgehead atoms. The van der Waals surface area contributed by atoms with E-state index in [1.807, 2.05) is 64.1 Å². The number of benzene rings is 2. The molecule has 0 spiro atoms. The summed E-state index contributed by atoms with van der Waals surface area (Å²) in [4.78, 5) is 27.5. The van der Waals surface area contributed by atoms with Crippen molar-refractivity contribution in [2.45, 2.75) is 59.2 Å². The Balaban J connectivity index is 2.24. The van der Waals surface area contributed by atoms with Gasteiger partial charge in [-0.2, -0.15) is 0 Å². The van der Waals surface area contributed by atoms with Crippen LogP contribution < -0.4 is 5.32 Å². The average molecular weight is 401 g/mol. The summed E-state index contributed by atoms with van der Waals surface area (Å²) in [5.74, 6) is -0.254. The van der Waals surface area contributed by atoms with Crippen LogP contribution in [-0.4, -0.2) is 28.3 Å². The highest BCUT2D eigenvalue weighted by Crippen LogP contribution is 2.16. The third-order valence-electron chi connectivity index (χ3n) is 4.37. The highest BCUT2D eigenvalue weighted by Gasteiger charge is 2.28. The average Bonchev–Trinajstić information content (AvgIpc) is 2.59. The van der Waals surface area contributed by atoms with E-state index in [9.17, 15) is 9.59 Å². The number of nitrogens with zero attached hydrogens (tertiary/aromatic N) is 1. The van der Waals surface area contributed by atoms with E-state index < -0.39 is 6.04 Å². The number of amides is 2. The fraction of sp³-hybridized carbons (Fsp3) is 0.391. The number of halogens is 1. The Morgan fingerprint density at radius 3 is 2.29 bits per heavy atom. The first-order valence-corrected chi connectivity index (χ1v) is 9.84. The van der Waals surface area contributed by atoms with E-state index in [1.54, 1.807) is 24.0 Å². The van der Waals surface area contributed by atoms with E-state index in [2.05, 4.69) is 5.32 Å². The zero-order valence-corrected chi connectivity index (χ0v) is 18.0. The molecule has 2 aromatic rings. The maximum atomic E-state index is 13.1. The lowest BCUT2D eigenvalue weighted by molar-refractivity contribution is -0.140. The lowest BCUT2D eigenvalue weighted by atomic mass is 10.1. The van der Waals surface area contributed by atoms with Crippen LogP contribution in [0.2, 0.25) is 5.02 Å². The second-order valence-corrected chi connectivity index (χ2v) is 8.67. The Bertz CT molecular complexity index is 825. The molecule has 1 atom stereocenters. The summed E-state index contributed by atoms with van der Waals surface area (Å²) < 4.78 is 0. The molecule has 2 amide bonds. The van der Waals surface area contributed by atoms with Gasteiger partial charge in [0.1, 0.15) is 6.04 Å². The number of hydrogen-bond donors (Lipinski definition) is 1. The lowest BCUT2D eigenvalue weighted by Crippen LogP contribution is -2.52. The fourth-order valence-electron chi connectivity index (χ4n) is 2.94. The predicted molar refractivity (Wildman–Crippen MR) is 114 cm³/mol. The Kier molecular flexibility index (Phi) is 7.25. The summed E-state index contributed by atoms with van der Waals surface area (Å²) in [6, 6.07) is 14.6. The number of carbonyl (C=O) groups excluding carboxylic acids is 2. The molecule has 0 aromatic heterocycles. The van der Waals surface area contributed by atoms with Gasteiger partial charge in [0.2, 0.25) is 11.8 Å². The molecule has 2 aromatic carbocycles. The summed E-state index contributed by atoms with van der Waals surface area (Å²) in [5.41, 5.74) is 2.61. The number of aryl methyl sites for hydroxylation is 1. The van der Waals surface area contributed by atoms with Gasteiger partial charge in [-0.15, -0.1) is 0 Å². The van der Waals surface area contributed by atoms with Crippen LogP contribution in [0.25, 0.3) is 0 Å². The Labute approximate surface area is 172 Å². The predicted octanol–water partition coefficient (Wildman–Crippen LogP) is 4.52. The number of carbonyl (C=O) groups is 2. The molecule has 0 radical (unpaired) electrons. The molecule has 1 N–H and O–H groups in total. The van der Waals surface area contributed by atoms with Gasteiger partial charge in [-0.3, -0.25) is 9.59 Å². The maximum Gasteiger partial charge on any atom is 0.242 e. The third-order valence-corrected chi connectivity index (χ3v) is 4.62. The molecule has 150 valence electrons. The first kappa shape index (κ1) is 22.0. The van der Waals surface area contributed by atoms with Gasteiger partial charge in [0.25, 0.3) is 0 Å². The van der Waals surface area contributed by atoms with Crippen molar-refractivity contribution in [2.24, 2.45) is 0 Å². The monoisotopic (exact) mass is 400 g/mol. The van der Waals surface area contributed by atoms with Crippen molar-refractivity contribution < 1.29 is 9.59 Å². The van der Waals surface area contributed by atoms with Crippen molar-refractivity contribution in [3.05, 3.63) is 70.2 Å². The minimum absolute atomic E-state index is 0.0860. The van der Waals surface area contributed by atoms with E-state index in [4.69, 9.17) is 11.6 Å². The van der Waals surface area contributed by atoms with Crippen LogP contribution in [0, 0.1) is 6.92 Å². The molecule has 5 heteroatoms. The Hall–Kier alpha value is -2.33. The molecule has 0 aliphatic rings. The van der Waals surface area contributed by atoms with E-state index in [1.165, 1.54) is 0 Å². The smallest absolute Gasteiger partial charge is 0.242 e. The number of rotatable bonds is 6. The van der Waals surface area contributed by atoms with Crippen molar-refractivity contribution in [1.29, 1.82) is 0 Å². The first-order chi connectivity index (χ1) is 13.0. The van der Waals surface area contributed by atoms with E-state index in [-0.39, 0.29) is 23.8 Å². The van der Waals surface area contributed by atoms with Crippen molar-refractivity contribution in [2.75, 3.05) is 0 Å². The van der Waals surface area contributed by atoms with Crippen LogP contribution in [0.5, 0.6) is 0 Å². The van der Waals surface area contributed by atoms with Crippen molar-refractivity contribution >= 4 is 23.4 Å². The van der Waals surface area contributed by atoms with Crippen molar-refractivity contribution in [1.82, 2.24) is 10.2 Å². The van der Waals surface area contributed by atoms with E-state index in [0.717, 1.165) is 16.7 Å². The van der Waals surface area contributed by atoms with Gasteiger partial charge < -0.3 is 10.2 Å². The van der Waals surface area contributed by atoms with E-state index >= 15 is 0 Å². The van der Waals surface area contributed by atoms with Gasteiger partial charge in [-0.1, -0.05) is 53.6 Å². The first-order valence-electron chi connectivity index (χ1n) is 9.46. The van der Waals surface area contributed by atoms with Crippen LogP contribution in [0.15, 0.2) is 48.5 Å². The molecule has 28 heavy (non-hydrogen) atoms. The molecule has 2 rings (SSSR count).